The first-order valence-electron chi connectivity index (χ1n) is 15.6. The number of para-hydroxylation sites is 2. The third-order valence-corrected chi connectivity index (χ3v) is 8.73. The number of aliphatic hydroxyl groups is 1. The molecule has 44 heavy (non-hydrogen) atoms. The minimum Gasteiger partial charge on any atom is -0.512 e. The van der Waals surface area contributed by atoms with E-state index in [0.717, 1.165) is 53.8 Å². The van der Waals surface area contributed by atoms with Gasteiger partial charge in [0.2, 0.25) is 0 Å². The van der Waals surface area contributed by atoms with Crippen LogP contribution in [0.5, 0.6) is 0 Å². The number of anilines is 3. The molecule has 1 aliphatic heterocycles. The molecule has 1 N–H and O–H groups in total. The fourth-order valence-corrected chi connectivity index (χ4v) is 6.19. The molecule has 1 aliphatic rings. The Morgan fingerprint density at radius 1 is 0.864 bits per heavy atom. The Labute approximate surface area is 275 Å². The van der Waals surface area contributed by atoms with Gasteiger partial charge in [-0.25, -0.2) is 0 Å². The fraction of sp³-hybridized carbons (Fsp3) is 0.282. The number of allylic oxidation sites excluding steroid dienone is 2. The van der Waals surface area contributed by atoms with E-state index in [-0.39, 0.29) is 43.5 Å². The molecule has 1 aromatic heterocycles. The van der Waals surface area contributed by atoms with Crippen LogP contribution in [0, 0.1) is 24.8 Å². The molecule has 0 amide bonds. The molecule has 0 bridgehead atoms. The molecule has 0 saturated heterocycles. The molecule has 0 atom stereocenters. The van der Waals surface area contributed by atoms with Crippen molar-refractivity contribution in [1.29, 1.82) is 0 Å². The van der Waals surface area contributed by atoms with E-state index in [4.69, 9.17) is 4.98 Å². The van der Waals surface area contributed by atoms with E-state index < -0.39 is 0 Å². The number of ketones is 1. The summed E-state index contributed by atoms with van der Waals surface area (Å²) in [5, 5.41) is 13.4. The van der Waals surface area contributed by atoms with Crippen molar-refractivity contribution in [3.8, 4) is 11.3 Å². The van der Waals surface area contributed by atoms with Crippen molar-refractivity contribution in [2.75, 3.05) is 4.90 Å². The van der Waals surface area contributed by atoms with Gasteiger partial charge < -0.3 is 10.0 Å². The summed E-state index contributed by atoms with van der Waals surface area (Å²) in [6.45, 7) is 10.3. The molecule has 4 nitrogen and oxygen atoms in total. The van der Waals surface area contributed by atoms with Crippen molar-refractivity contribution in [3.63, 3.8) is 0 Å². The molecule has 0 aliphatic carbocycles. The summed E-state index contributed by atoms with van der Waals surface area (Å²) in [4.78, 5) is 19.2. The second kappa shape index (κ2) is 14.8. The molecule has 0 unspecified atom stereocenters. The number of carbonyl (C=O) groups is 1. The molecule has 0 fully saturated rings. The van der Waals surface area contributed by atoms with Crippen LogP contribution in [0.2, 0.25) is 0 Å². The Bertz CT molecular complexity index is 1770. The van der Waals surface area contributed by atoms with Crippen LogP contribution in [0.4, 0.5) is 17.1 Å². The smallest absolute Gasteiger partial charge is 0.162 e. The zero-order valence-electron chi connectivity index (χ0n) is 26.2. The number of rotatable bonds is 8. The molecule has 229 valence electrons. The number of fused-ring (bicyclic) bond motifs is 3. The zero-order chi connectivity index (χ0) is 30.5. The van der Waals surface area contributed by atoms with Gasteiger partial charge in [0.15, 0.2) is 5.78 Å². The predicted molar refractivity (Wildman–Crippen MR) is 180 cm³/mol. The van der Waals surface area contributed by atoms with Crippen molar-refractivity contribution in [2.45, 2.75) is 60.3 Å². The van der Waals surface area contributed by atoms with Crippen LogP contribution in [-0.4, -0.2) is 15.9 Å². The molecule has 4 aromatic carbocycles. The van der Waals surface area contributed by atoms with Crippen LogP contribution in [0.3, 0.4) is 0 Å². The van der Waals surface area contributed by atoms with Crippen molar-refractivity contribution < 1.29 is 30.0 Å². The Morgan fingerprint density at radius 3 is 2.20 bits per heavy atom. The van der Waals surface area contributed by atoms with Gasteiger partial charge in [0.25, 0.3) is 0 Å². The Morgan fingerprint density at radius 2 is 1.52 bits per heavy atom. The number of pyridine rings is 1. The van der Waals surface area contributed by atoms with Gasteiger partial charge in [0.05, 0.1) is 11.3 Å². The van der Waals surface area contributed by atoms with Gasteiger partial charge >= 0.3 is 0 Å². The Kier molecular flexibility index (Phi) is 11.1. The second-order valence-corrected chi connectivity index (χ2v) is 11.2. The average Bonchev–Trinajstić information content (AvgIpc) is 3.04. The maximum absolute atomic E-state index is 11.7. The monoisotopic (exact) mass is 762 g/mol. The number of hydrogen-bond acceptors (Lipinski definition) is 4. The summed E-state index contributed by atoms with van der Waals surface area (Å²) in [6, 6.07) is 33.1. The van der Waals surface area contributed by atoms with E-state index in [1.807, 2.05) is 33.8 Å². The standard InChI is InChI=1S/C26H17N2.C13H24O2.Ir/c1-17-20-13-5-6-15-22(20)27-25-21-14-7-9-18-10-8-16-23(24(18)21)28(26(17)25)19-11-3-2-4-12-19;1-5-10(6-2)12(14)9-13(15)11(7-3)8-4;/h2-13,15-16H,1H3;9-11,14H,5-8H2,1-4H3;/q-1;;/b;12-9-;. The van der Waals surface area contributed by atoms with Crippen molar-refractivity contribution in [3.05, 3.63) is 108 Å². The van der Waals surface area contributed by atoms with Crippen molar-refractivity contribution >= 4 is 44.5 Å². The first kappa shape index (κ1) is 33.1. The number of aliphatic hydroxyl groups excluding tert-OH is 1. The number of aromatic nitrogens is 1. The van der Waals surface area contributed by atoms with Crippen molar-refractivity contribution in [2.24, 2.45) is 11.8 Å². The molecule has 2 heterocycles. The number of hydrogen-bond donors (Lipinski definition) is 1. The first-order chi connectivity index (χ1) is 20.9. The number of aryl methyl sites for hydroxylation is 1. The normalized spacial score (nSPS) is 12.2. The molecular formula is C39H41IrN2O2-. The van der Waals surface area contributed by atoms with Gasteiger partial charge in [-0.05, 0) is 62.4 Å². The van der Waals surface area contributed by atoms with Crippen LogP contribution in [0.15, 0.2) is 96.8 Å². The maximum atomic E-state index is 11.7. The molecule has 5 heteroatoms. The van der Waals surface area contributed by atoms with E-state index in [2.05, 4.69) is 96.8 Å². The molecule has 0 spiro atoms. The van der Waals surface area contributed by atoms with E-state index in [1.165, 1.54) is 33.5 Å². The largest absolute Gasteiger partial charge is 0.512 e. The van der Waals surface area contributed by atoms with E-state index >= 15 is 0 Å². The summed E-state index contributed by atoms with van der Waals surface area (Å²) < 4.78 is 0. The Hall–Kier alpha value is -3.79. The van der Waals surface area contributed by atoms with E-state index in [1.54, 1.807) is 0 Å². The summed E-state index contributed by atoms with van der Waals surface area (Å²) in [5.74, 6) is 0.547. The minimum atomic E-state index is 0. The number of nitrogens with zero attached hydrogens (tertiary/aromatic N) is 2. The maximum Gasteiger partial charge on any atom is 0.162 e. The molecule has 6 rings (SSSR count). The fourth-order valence-electron chi connectivity index (χ4n) is 6.19. The van der Waals surface area contributed by atoms with Gasteiger partial charge in [-0.1, -0.05) is 87.0 Å². The van der Waals surface area contributed by atoms with Crippen LogP contribution < -0.4 is 4.90 Å². The predicted octanol–water partition coefficient (Wildman–Crippen LogP) is 10.8. The summed E-state index contributed by atoms with van der Waals surface area (Å²) >= 11 is 0. The van der Waals surface area contributed by atoms with E-state index in [0.29, 0.717) is 0 Å². The minimum absolute atomic E-state index is 0. The van der Waals surface area contributed by atoms with Crippen LogP contribution in [0.25, 0.3) is 32.9 Å². The van der Waals surface area contributed by atoms with Gasteiger partial charge in [0.1, 0.15) is 0 Å². The zero-order valence-corrected chi connectivity index (χ0v) is 28.6. The third kappa shape index (κ3) is 6.36. The van der Waals surface area contributed by atoms with Crippen LogP contribution in [-0.2, 0) is 24.9 Å². The SMILES string of the molecule is CCC(CC)C(=O)/C=C(\O)C(CC)CC.Cc1c2c(nc3ccccc13)-c1[c-]ccc3cccc(c13)N2c1ccccc1.[Ir]. The first-order valence-corrected chi connectivity index (χ1v) is 15.6. The number of carbonyl (C=O) groups excluding carboxylic acids is 1. The van der Waals surface area contributed by atoms with Crippen LogP contribution in [0.1, 0.15) is 58.9 Å². The average molecular weight is 762 g/mol. The van der Waals surface area contributed by atoms with E-state index in [9.17, 15) is 9.90 Å². The number of benzene rings is 4. The van der Waals surface area contributed by atoms with Gasteiger partial charge in [-0.2, -0.15) is 0 Å². The molecule has 0 saturated carbocycles. The van der Waals surface area contributed by atoms with Gasteiger partial charge in [0, 0.05) is 66.2 Å². The summed E-state index contributed by atoms with van der Waals surface area (Å²) in [5.41, 5.74) is 7.83. The second-order valence-electron chi connectivity index (χ2n) is 11.2. The molecule has 5 aromatic rings. The van der Waals surface area contributed by atoms with Crippen molar-refractivity contribution in [1.82, 2.24) is 4.98 Å². The molecule has 1 radical (unpaired) electrons. The van der Waals surface area contributed by atoms with Crippen LogP contribution >= 0.6 is 0 Å². The topological polar surface area (TPSA) is 53.4 Å². The summed E-state index contributed by atoms with van der Waals surface area (Å²) in [7, 11) is 0. The quantitative estimate of drug-likeness (QED) is 0.0953. The summed E-state index contributed by atoms with van der Waals surface area (Å²) in [6.07, 6.45) is 4.91. The molecular weight excluding hydrogens is 721 g/mol. The van der Waals surface area contributed by atoms with Gasteiger partial charge in [-0.15, -0.1) is 23.8 Å². The Balaban J connectivity index is 0.000000239. The van der Waals surface area contributed by atoms with Gasteiger partial charge in [-0.3, -0.25) is 9.78 Å². The third-order valence-electron chi connectivity index (χ3n) is 8.73.